The maximum atomic E-state index is 10.9. The van der Waals surface area contributed by atoms with Crippen LogP contribution in [0.4, 0.5) is 17.5 Å². The third-order valence-electron chi connectivity index (χ3n) is 3.37. The molecule has 19 heavy (non-hydrogen) atoms. The second-order valence-electron chi connectivity index (χ2n) is 4.42. The van der Waals surface area contributed by atoms with Gasteiger partial charge in [0.1, 0.15) is 6.20 Å². The molecule has 0 amide bonds. The molecule has 1 heterocycles. The van der Waals surface area contributed by atoms with Crippen molar-refractivity contribution in [3.63, 3.8) is 0 Å². The van der Waals surface area contributed by atoms with Crippen LogP contribution in [0.2, 0.25) is 0 Å². The summed E-state index contributed by atoms with van der Waals surface area (Å²) in [7, 11) is 0. The van der Waals surface area contributed by atoms with Crippen molar-refractivity contribution in [2.45, 2.75) is 24.0 Å². The van der Waals surface area contributed by atoms with Gasteiger partial charge in [0.15, 0.2) is 0 Å². The van der Waals surface area contributed by atoms with Gasteiger partial charge in [0, 0.05) is 11.3 Å². The summed E-state index contributed by atoms with van der Waals surface area (Å²) in [6.45, 7) is 0.649. The van der Waals surface area contributed by atoms with Crippen molar-refractivity contribution in [3.05, 3.63) is 16.3 Å². The Balaban J connectivity index is 2.15. The van der Waals surface area contributed by atoms with Crippen LogP contribution >= 0.6 is 11.8 Å². The summed E-state index contributed by atoms with van der Waals surface area (Å²) in [6.07, 6.45) is 6.63. The van der Waals surface area contributed by atoms with E-state index in [1.54, 1.807) is 11.8 Å². The van der Waals surface area contributed by atoms with Gasteiger partial charge < -0.3 is 5.32 Å². The van der Waals surface area contributed by atoms with Crippen molar-refractivity contribution in [1.82, 2.24) is 9.97 Å². The molecule has 1 fully saturated rings. The minimum Gasteiger partial charge on any atom is -0.363 e. The molecule has 0 bridgehead atoms. The zero-order valence-corrected chi connectivity index (χ0v) is 11.4. The van der Waals surface area contributed by atoms with E-state index in [1.807, 2.05) is 0 Å². The number of anilines is 2. The lowest BCUT2D eigenvalue weighted by Gasteiger charge is -2.40. The number of hydrogen-bond donors (Lipinski definition) is 3. The van der Waals surface area contributed by atoms with E-state index in [4.69, 9.17) is 5.84 Å². The molecule has 0 spiro atoms. The van der Waals surface area contributed by atoms with Crippen LogP contribution in [0.1, 0.15) is 19.3 Å². The number of thioether (sulfide) groups is 1. The number of aromatic nitrogens is 2. The Morgan fingerprint density at radius 3 is 2.84 bits per heavy atom. The Bertz CT molecular complexity index is 474. The molecule has 1 aliphatic carbocycles. The van der Waals surface area contributed by atoms with Crippen molar-refractivity contribution in [2.24, 2.45) is 5.84 Å². The molecule has 1 aromatic heterocycles. The molecule has 1 aliphatic rings. The second-order valence-corrected chi connectivity index (χ2v) is 5.70. The highest BCUT2D eigenvalue weighted by Crippen LogP contribution is 2.43. The molecule has 0 saturated heterocycles. The van der Waals surface area contributed by atoms with Crippen molar-refractivity contribution in [3.8, 4) is 0 Å². The molecule has 104 valence electrons. The fourth-order valence-corrected chi connectivity index (χ4v) is 2.89. The van der Waals surface area contributed by atoms with Crippen molar-refractivity contribution in [1.29, 1.82) is 0 Å². The van der Waals surface area contributed by atoms with Gasteiger partial charge in [-0.3, -0.25) is 15.5 Å². The average Bonchev–Trinajstić information content (AvgIpc) is 2.37. The normalized spacial score (nSPS) is 16.5. The molecule has 9 heteroatoms. The number of nitrogens with two attached hydrogens (primary N) is 1. The second kappa shape index (κ2) is 5.57. The summed E-state index contributed by atoms with van der Waals surface area (Å²) in [6, 6.07) is 0. The van der Waals surface area contributed by atoms with Crippen molar-refractivity contribution < 1.29 is 4.92 Å². The summed E-state index contributed by atoms with van der Waals surface area (Å²) < 4.78 is 0.162. The third-order valence-corrected chi connectivity index (χ3v) is 4.79. The minimum absolute atomic E-state index is 0.144. The lowest BCUT2D eigenvalue weighted by atomic mass is 9.84. The lowest BCUT2D eigenvalue weighted by molar-refractivity contribution is -0.384. The van der Waals surface area contributed by atoms with E-state index >= 15 is 0 Å². The average molecular weight is 284 g/mol. The summed E-state index contributed by atoms with van der Waals surface area (Å²) in [4.78, 5) is 18.2. The zero-order chi connectivity index (χ0) is 13.9. The van der Waals surface area contributed by atoms with E-state index in [-0.39, 0.29) is 22.2 Å². The quantitative estimate of drug-likeness (QED) is 0.407. The summed E-state index contributed by atoms with van der Waals surface area (Å²) >= 11 is 1.79. The molecule has 0 atom stereocenters. The first-order valence-electron chi connectivity index (χ1n) is 5.87. The van der Waals surface area contributed by atoms with Gasteiger partial charge in [-0.05, 0) is 19.1 Å². The molecule has 2 rings (SSSR count). The van der Waals surface area contributed by atoms with Crippen LogP contribution in [0.15, 0.2) is 6.20 Å². The van der Waals surface area contributed by atoms with Crippen LogP contribution in [0.3, 0.4) is 0 Å². The summed E-state index contributed by atoms with van der Waals surface area (Å²) in [5.74, 6) is 5.57. The van der Waals surface area contributed by atoms with Crippen LogP contribution in [0, 0.1) is 10.1 Å². The number of hydrogen-bond acceptors (Lipinski definition) is 8. The fourth-order valence-electron chi connectivity index (χ4n) is 1.98. The van der Waals surface area contributed by atoms with Crippen LogP contribution in [-0.2, 0) is 0 Å². The maximum Gasteiger partial charge on any atom is 0.329 e. The van der Waals surface area contributed by atoms with E-state index < -0.39 is 4.92 Å². The van der Waals surface area contributed by atoms with Crippen LogP contribution in [0.5, 0.6) is 0 Å². The lowest BCUT2D eigenvalue weighted by Crippen LogP contribution is -2.40. The number of rotatable bonds is 6. The van der Waals surface area contributed by atoms with Gasteiger partial charge >= 0.3 is 5.69 Å². The van der Waals surface area contributed by atoms with Gasteiger partial charge in [0.2, 0.25) is 11.8 Å². The number of nitrogen functional groups attached to an aromatic ring is 1. The molecule has 0 aliphatic heterocycles. The van der Waals surface area contributed by atoms with Crippen molar-refractivity contribution >= 4 is 29.2 Å². The number of nitrogens with one attached hydrogen (secondary N) is 2. The number of hydrazine groups is 1. The van der Waals surface area contributed by atoms with Crippen LogP contribution in [0.25, 0.3) is 0 Å². The SMILES string of the molecule is CSC1(CNc2nc(NN)ncc2[N+](=O)[O-])CCC1. The van der Waals surface area contributed by atoms with E-state index in [0.29, 0.717) is 6.54 Å². The Morgan fingerprint density at radius 1 is 1.63 bits per heavy atom. The molecular formula is C10H16N6O2S. The Hall–Kier alpha value is -1.61. The monoisotopic (exact) mass is 284 g/mol. The first kappa shape index (κ1) is 13.8. The highest BCUT2D eigenvalue weighted by atomic mass is 32.2. The maximum absolute atomic E-state index is 10.9. The first-order valence-corrected chi connectivity index (χ1v) is 7.10. The predicted octanol–water partition coefficient (Wildman–Crippen LogP) is 1.37. The molecule has 8 nitrogen and oxygen atoms in total. The highest BCUT2D eigenvalue weighted by Gasteiger charge is 2.36. The molecule has 4 N–H and O–H groups in total. The minimum atomic E-state index is -0.505. The van der Waals surface area contributed by atoms with Gasteiger partial charge in [-0.15, -0.1) is 0 Å². The Kier molecular flexibility index (Phi) is 4.05. The topological polar surface area (TPSA) is 119 Å². The molecule has 0 unspecified atom stereocenters. The standard InChI is InChI=1S/C10H16N6O2S/c1-19-10(3-2-4-10)6-13-8-7(16(17)18)5-12-9(14-8)15-11/h5H,2-4,6,11H2,1H3,(H2,12,13,14,15). The molecular weight excluding hydrogens is 268 g/mol. The van der Waals surface area contributed by atoms with Crippen LogP contribution in [-0.4, -0.2) is 32.4 Å². The number of nitro groups is 1. The van der Waals surface area contributed by atoms with Gasteiger partial charge in [0.05, 0.1) is 4.92 Å². The van der Waals surface area contributed by atoms with E-state index in [1.165, 1.54) is 6.42 Å². The molecule has 1 aromatic rings. The van der Waals surface area contributed by atoms with Gasteiger partial charge in [-0.2, -0.15) is 16.7 Å². The van der Waals surface area contributed by atoms with Gasteiger partial charge in [-0.25, -0.2) is 10.8 Å². The molecule has 1 saturated carbocycles. The summed E-state index contributed by atoms with van der Waals surface area (Å²) in [5, 5.41) is 14.0. The van der Waals surface area contributed by atoms with Gasteiger partial charge in [-0.1, -0.05) is 6.42 Å². The van der Waals surface area contributed by atoms with E-state index in [9.17, 15) is 10.1 Å². The van der Waals surface area contributed by atoms with Crippen LogP contribution < -0.4 is 16.6 Å². The fraction of sp³-hybridized carbons (Fsp3) is 0.600. The van der Waals surface area contributed by atoms with E-state index in [2.05, 4.69) is 27.0 Å². The Morgan fingerprint density at radius 2 is 2.37 bits per heavy atom. The zero-order valence-electron chi connectivity index (χ0n) is 10.5. The Labute approximate surface area is 114 Å². The highest BCUT2D eigenvalue weighted by molar-refractivity contribution is 8.00. The first-order chi connectivity index (χ1) is 9.10. The summed E-state index contributed by atoms with van der Waals surface area (Å²) in [5.41, 5.74) is 2.14. The largest absolute Gasteiger partial charge is 0.363 e. The van der Waals surface area contributed by atoms with E-state index in [0.717, 1.165) is 19.0 Å². The smallest absolute Gasteiger partial charge is 0.329 e. The number of nitrogens with zero attached hydrogens (tertiary/aromatic N) is 3. The van der Waals surface area contributed by atoms with Gasteiger partial charge in [0.25, 0.3) is 0 Å². The molecule has 0 radical (unpaired) electrons. The molecule has 0 aromatic carbocycles. The predicted molar refractivity (Wildman–Crippen MR) is 75.1 cm³/mol. The third kappa shape index (κ3) is 2.87. The van der Waals surface area contributed by atoms with Crippen molar-refractivity contribution in [2.75, 3.05) is 23.5 Å².